The number of ether oxygens (including phenoxy) is 1. The van der Waals surface area contributed by atoms with Crippen LogP contribution in [0.5, 0.6) is 11.5 Å². The summed E-state index contributed by atoms with van der Waals surface area (Å²) < 4.78 is 5.03. The second-order valence-corrected chi connectivity index (χ2v) is 6.41. The Morgan fingerprint density at radius 3 is 2.29 bits per heavy atom. The number of rotatable bonds is 7. The maximum absolute atomic E-state index is 12.7. The molecule has 0 heterocycles. The second kappa shape index (κ2) is 10.4. The molecule has 0 aliphatic carbocycles. The number of phenolic OH excluding ortho intramolecular Hbond substituents is 1. The molecular formula is C24H21N3O4. The summed E-state index contributed by atoms with van der Waals surface area (Å²) in [5.74, 6) is -0.586. The Morgan fingerprint density at radius 1 is 0.968 bits per heavy atom. The summed E-state index contributed by atoms with van der Waals surface area (Å²) in [7, 11) is 1.49. The van der Waals surface area contributed by atoms with Gasteiger partial charge in [-0.1, -0.05) is 48.5 Å². The van der Waals surface area contributed by atoms with E-state index in [9.17, 15) is 14.7 Å². The van der Waals surface area contributed by atoms with Crippen molar-refractivity contribution in [3.05, 3.63) is 101 Å². The van der Waals surface area contributed by atoms with Crippen molar-refractivity contribution in [1.29, 1.82) is 0 Å². The Balaban J connectivity index is 1.77. The van der Waals surface area contributed by atoms with Gasteiger partial charge in [-0.15, -0.1) is 0 Å². The third-order valence-corrected chi connectivity index (χ3v) is 4.25. The third kappa shape index (κ3) is 6.04. The van der Waals surface area contributed by atoms with Crippen LogP contribution in [0.3, 0.4) is 0 Å². The molecule has 3 rings (SSSR count). The predicted molar refractivity (Wildman–Crippen MR) is 119 cm³/mol. The zero-order valence-electron chi connectivity index (χ0n) is 16.8. The standard InChI is InChI=1S/C24H21N3O4/c1-31-20-13-12-19(22(28)15-20)16-25-27-24(30)21(14-17-8-4-2-5-9-17)26-23(29)18-10-6-3-7-11-18/h2-16,28H,1H3,(H,26,29)(H,27,30)/b21-14-,25-16+. The number of hydrazone groups is 1. The predicted octanol–water partition coefficient (Wildman–Crippen LogP) is 3.32. The van der Waals surface area contributed by atoms with Crippen molar-refractivity contribution >= 4 is 24.1 Å². The van der Waals surface area contributed by atoms with Crippen LogP contribution in [0.4, 0.5) is 0 Å². The number of amides is 2. The van der Waals surface area contributed by atoms with Gasteiger partial charge in [-0.2, -0.15) is 5.10 Å². The van der Waals surface area contributed by atoms with Crippen molar-refractivity contribution < 1.29 is 19.4 Å². The molecular weight excluding hydrogens is 394 g/mol. The molecule has 3 N–H and O–H groups in total. The summed E-state index contributed by atoms with van der Waals surface area (Å²) in [6.07, 6.45) is 2.85. The van der Waals surface area contributed by atoms with Crippen molar-refractivity contribution in [1.82, 2.24) is 10.7 Å². The Morgan fingerprint density at radius 2 is 1.65 bits per heavy atom. The van der Waals surface area contributed by atoms with Crippen LogP contribution in [-0.2, 0) is 4.79 Å². The van der Waals surface area contributed by atoms with Crippen molar-refractivity contribution in [3.63, 3.8) is 0 Å². The lowest BCUT2D eigenvalue weighted by atomic mass is 10.1. The van der Waals surface area contributed by atoms with Crippen molar-refractivity contribution in [3.8, 4) is 11.5 Å². The van der Waals surface area contributed by atoms with E-state index in [1.807, 2.05) is 18.2 Å². The van der Waals surface area contributed by atoms with Gasteiger partial charge in [0.05, 0.1) is 13.3 Å². The summed E-state index contributed by atoms with van der Waals surface area (Å²) in [5, 5.41) is 16.5. The van der Waals surface area contributed by atoms with Gasteiger partial charge in [0.15, 0.2) is 0 Å². The summed E-state index contributed by atoms with van der Waals surface area (Å²) in [6.45, 7) is 0. The van der Waals surface area contributed by atoms with Crippen molar-refractivity contribution in [2.75, 3.05) is 7.11 Å². The van der Waals surface area contributed by atoms with E-state index in [0.29, 0.717) is 16.9 Å². The zero-order chi connectivity index (χ0) is 22.1. The monoisotopic (exact) mass is 415 g/mol. The van der Waals surface area contributed by atoms with E-state index < -0.39 is 11.8 Å². The van der Waals surface area contributed by atoms with E-state index in [0.717, 1.165) is 5.56 Å². The fourth-order valence-electron chi connectivity index (χ4n) is 2.64. The highest BCUT2D eigenvalue weighted by molar-refractivity contribution is 6.05. The first-order valence-corrected chi connectivity index (χ1v) is 9.40. The van der Waals surface area contributed by atoms with Gasteiger partial charge in [0.2, 0.25) is 0 Å². The lowest BCUT2D eigenvalue weighted by Gasteiger charge is -2.09. The van der Waals surface area contributed by atoms with Crippen LogP contribution >= 0.6 is 0 Å². The Kier molecular flexibility index (Phi) is 7.16. The molecule has 0 aromatic heterocycles. The van der Waals surface area contributed by atoms with Crippen LogP contribution < -0.4 is 15.5 Å². The highest BCUT2D eigenvalue weighted by atomic mass is 16.5. The molecule has 0 fully saturated rings. The molecule has 0 atom stereocenters. The summed E-state index contributed by atoms with van der Waals surface area (Å²) in [5.41, 5.74) is 3.94. The molecule has 2 amide bonds. The average Bonchev–Trinajstić information content (AvgIpc) is 2.80. The number of carbonyl (C=O) groups is 2. The average molecular weight is 415 g/mol. The number of nitrogens with zero attached hydrogens (tertiary/aromatic N) is 1. The van der Waals surface area contributed by atoms with Gasteiger partial charge in [-0.25, -0.2) is 5.43 Å². The van der Waals surface area contributed by atoms with Gasteiger partial charge in [-0.3, -0.25) is 9.59 Å². The van der Waals surface area contributed by atoms with E-state index in [1.165, 1.54) is 19.4 Å². The van der Waals surface area contributed by atoms with Crippen LogP contribution in [0.25, 0.3) is 6.08 Å². The topological polar surface area (TPSA) is 100 Å². The molecule has 3 aromatic carbocycles. The fourth-order valence-corrected chi connectivity index (χ4v) is 2.64. The maximum Gasteiger partial charge on any atom is 0.287 e. The first kappa shape index (κ1) is 21.3. The first-order chi connectivity index (χ1) is 15.1. The molecule has 0 aliphatic heterocycles. The summed E-state index contributed by atoms with van der Waals surface area (Å²) >= 11 is 0. The first-order valence-electron chi connectivity index (χ1n) is 9.40. The number of aromatic hydroxyl groups is 1. The lowest BCUT2D eigenvalue weighted by molar-refractivity contribution is -0.117. The molecule has 3 aromatic rings. The van der Waals surface area contributed by atoms with Crippen LogP contribution in [0.15, 0.2) is 89.7 Å². The zero-order valence-corrected chi connectivity index (χ0v) is 16.8. The van der Waals surface area contributed by atoms with Gasteiger partial charge >= 0.3 is 0 Å². The van der Waals surface area contributed by atoms with Gasteiger partial charge < -0.3 is 15.2 Å². The molecule has 0 bridgehead atoms. The van der Waals surface area contributed by atoms with Crippen LogP contribution in [-0.4, -0.2) is 30.2 Å². The van der Waals surface area contributed by atoms with Gasteiger partial charge in [-0.05, 0) is 35.9 Å². The summed E-state index contributed by atoms with van der Waals surface area (Å²) in [4.78, 5) is 25.2. The number of hydrogen-bond donors (Lipinski definition) is 3. The third-order valence-electron chi connectivity index (χ3n) is 4.25. The fraction of sp³-hybridized carbons (Fsp3) is 0.0417. The van der Waals surface area contributed by atoms with E-state index in [-0.39, 0.29) is 11.4 Å². The molecule has 0 aliphatic rings. The molecule has 7 heteroatoms. The van der Waals surface area contributed by atoms with E-state index in [1.54, 1.807) is 60.7 Å². The smallest absolute Gasteiger partial charge is 0.287 e. The largest absolute Gasteiger partial charge is 0.507 e. The van der Waals surface area contributed by atoms with Gasteiger partial charge in [0.1, 0.15) is 17.2 Å². The number of nitrogens with one attached hydrogen (secondary N) is 2. The SMILES string of the molecule is COc1ccc(/C=N/NC(=O)/C(=C/c2ccccc2)NC(=O)c2ccccc2)c(O)c1. The number of methoxy groups -OCH3 is 1. The molecule has 31 heavy (non-hydrogen) atoms. The van der Waals surface area contributed by atoms with Crippen molar-refractivity contribution in [2.24, 2.45) is 5.10 Å². The van der Waals surface area contributed by atoms with Crippen LogP contribution in [0, 0.1) is 0 Å². The molecule has 0 unspecified atom stereocenters. The summed E-state index contributed by atoms with van der Waals surface area (Å²) in [6, 6.07) is 22.4. The number of phenols is 1. The molecule has 0 radical (unpaired) electrons. The molecule has 7 nitrogen and oxygen atoms in total. The van der Waals surface area contributed by atoms with Crippen LogP contribution in [0.2, 0.25) is 0 Å². The number of hydrogen-bond acceptors (Lipinski definition) is 5. The Hall–Kier alpha value is -4.39. The number of benzene rings is 3. The van der Waals surface area contributed by atoms with Crippen molar-refractivity contribution in [2.45, 2.75) is 0 Å². The van der Waals surface area contributed by atoms with Crippen LogP contribution in [0.1, 0.15) is 21.5 Å². The van der Waals surface area contributed by atoms with Gasteiger partial charge in [0.25, 0.3) is 11.8 Å². The minimum atomic E-state index is -0.614. The number of carbonyl (C=O) groups excluding carboxylic acids is 2. The highest BCUT2D eigenvalue weighted by Crippen LogP contribution is 2.21. The Bertz CT molecular complexity index is 1110. The minimum absolute atomic E-state index is 0.0242. The quantitative estimate of drug-likeness (QED) is 0.313. The highest BCUT2D eigenvalue weighted by Gasteiger charge is 2.14. The molecule has 156 valence electrons. The molecule has 0 spiro atoms. The minimum Gasteiger partial charge on any atom is -0.507 e. The normalized spacial score (nSPS) is 11.2. The Labute approximate surface area is 179 Å². The second-order valence-electron chi connectivity index (χ2n) is 6.41. The lowest BCUT2D eigenvalue weighted by Crippen LogP contribution is -2.32. The molecule has 0 saturated heterocycles. The molecule has 0 saturated carbocycles. The maximum atomic E-state index is 12.7. The van der Waals surface area contributed by atoms with E-state index in [2.05, 4.69) is 15.8 Å². The van der Waals surface area contributed by atoms with Gasteiger partial charge in [0, 0.05) is 17.2 Å². The van der Waals surface area contributed by atoms with E-state index in [4.69, 9.17) is 4.74 Å². The van der Waals surface area contributed by atoms with E-state index >= 15 is 0 Å².